The van der Waals surface area contributed by atoms with Gasteiger partial charge in [0.25, 0.3) is 0 Å². The molecule has 25 heavy (non-hydrogen) atoms. The van der Waals surface area contributed by atoms with Crippen molar-refractivity contribution in [3.05, 3.63) is 47.3 Å². The van der Waals surface area contributed by atoms with E-state index in [2.05, 4.69) is 70.4 Å². The largest absolute Gasteiger partial charge is 0.320 e. The predicted molar refractivity (Wildman–Crippen MR) is 104 cm³/mol. The minimum absolute atomic E-state index is 0.0216. The molecule has 2 aromatic heterocycles. The molecular formula is C22H27N3. The lowest BCUT2D eigenvalue weighted by Gasteiger charge is -2.29. The van der Waals surface area contributed by atoms with E-state index in [1.807, 2.05) is 6.20 Å². The highest BCUT2D eigenvalue weighted by Crippen LogP contribution is 2.42. The number of hydrogen-bond donors (Lipinski definition) is 0. The van der Waals surface area contributed by atoms with Crippen LogP contribution in [-0.2, 0) is 5.41 Å². The third-order valence-electron chi connectivity index (χ3n) is 5.66. The molecule has 1 aliphatic rings. The van der Waals surface area contributed by atoms with Crippen molar-refractivity contribution < 1.29 is 0 Å². The molecule has 0 amide bonds. The summed E-state index contributed by atoms with van der Waals surface area (Å²) in [5, 5.41) is 0. The van der Waals surface area contributed by atoms with Crippen LogP contribution in [0.15, 0.2) is 30.5 Å². The Kier molecular flexibility index (Phi) is 3.54. The second kappa shape index (κ2) is 5.42. The summed E-state index contributed by atoms with van der Waals surface area (Å²) in [6, 6.07) is 9.21. The van der Waals surface area contributed by atoms with E-state index in [0.717, 1.165) is 29.0 Å². The second-order valence-electron chi connectivity index (χ2n) is 8.49. The summed E-state index contributed by atoms with van der Waals surface area (Å²) in [5.41, 5.74) is 7.36. The Morgan fingerprint density at radius 2 is 2.00 bits per heavy atom. The molecule has 1 unspecified atom stereocenters. The molecule has 0 fully saturated rings. The Morgan fingerprint density at radius 1 is 1.24 bits per heavy atom. The van der Waals surface area contributed by atoms with Crippen LogP contribution in [0.25, 0.3) is 22.4 Å². The average molecular weight is 333 g/mol. The first-order chi connectivity index (χ1) is 11.8. The number of rotatable bonds is 1. The Balaban J connectivity index is 2.18. The minimum Gasteiger partial charge on any atom is -0.320 e. The fourth-order valence-electron chi connectivity index (χ4n) is 4.45. The molecule has 0 N–H and O–H groups in total. The van der Waals surface area contributed by atoms with Crippen LogP contribution in [0.2, 0.25) is 0 Å². The van der Waals surface area contributed by atoms with E-state index in [0.29, 0.717) is 12.0 Å². The zero-order valence-electron chi connectivity index (χ0n) is 16.1. The Bertz CT molecular complexity index is 963. The summed E-state index contributed by atoms with van der Waals surface area (Å²) in [4.78, 5) is 9.93. The lowest BCUT2D eigenvalue weighted by Crippen LogP contribution is -2.22. The van der Waals surface area contributed by atoms with Crippen LogP contribution < -0.4 is 0 Å². The lowest BCUT2D eigenvalue weighted by molar-refractivity contribution is 0.428. The third kappa shape index (κ3) is 2.40. The van der Waals surface area contributed by atoms with E-state index in [9.17, 15) is 0 Å². The highest BCUT2D eigenvalue weighted by Gasteiger charge is 2.30. The van der Waals surface area contributed by atoms with E-state index in [1.54, 1.807) is 0 Å². The number of benzene rings is 1. The standard InChI is InChI=1S/C22H27N3/c1-13(2)25-18-12-23-19-10-17(18)24-21(25)20-14(3)8-7-9-16(20)15(4)11-22(19,5)6/h7-10,12-13,15H,11H2,1-6H3. The molecule has 1 atom stereocenters. The van der Waals surface area contributed by atoms with Crippen LogP contribution in [0.4, 0.5) is 0 Å². The molecule has 0 saturated heterocycles. The number of aromatic nitrogens is 3. The van der Waals surface area contributed by atoms with Gasteiger partial charge < -0.3 is 4.57 Å². The van der Waals surface area contributed by atoms with Gasteiger partial charge in [-0.1, -0.05) is 39.0 Å². The SMILES string of the molecule is Cc1cccc2c1-c1nc3cc(ncc3n1C(C)C)C(C)(C)CC2C. The fraction of sp³-hybridized carbons (Fsp3) is 0.455. The van der Waals surface area contributed by atoms with Gasteiger partial charge in [-0.25, -0.2) is 4.98 Å². The molecule has 0 radical (unpaired) electrons. The normalized spacial score (nSPS) is 18.9. The maximum atomic E-state index is 5.09. The van der Waals surface area contributed by atoms with E-state index in [-0.39, 0.29) is 5.41 Å². The van der Waals surface area contributed by atoms with Gasteiger partial charge in [-0.15, -0.1) is 0 Å². The van der Waals surface area contributed by atoms with Crippen LogP contribution in [0.3, 0.4) is 0 Å². The summed E-state index contributed by atoms with van der Waals surface area (Å²) < 4.78 is 2.35. The van der Waals surface area contributed by atoms with Crippen molar-refractivity contribution in [2.75, 3.05) is 0 Å². The minimum atomic E-state index is 0.0216. The van der Waals surface area contributed by atoms with Crippen molar-refractivity contribution >= 4 is 11.0 Å². The van der Waals surface area contributed by atoms with Crippen LogP contribution in [-0.4, -0.2) is 14.5 Å². The van der Waals surface area contributed by atoms with Crippen molar-refractivity contribution in [1.82, 2.24) is 14.5 Å². The molecule has 0 spiro atoms. The number of fused-ring (bicyclic) bond motifs is 4. The van der Waals surface area contributed by atoms with Crippen molar-refractivity contribution in [3.63, 3.8) is 0 Å². The summed E-state index contributed by atoms with van der Waals surface area (Å²) in [5.74, 6) is 1.53. The first-order valence-electron chi connectivity index (χ1n) is 9.28. The molecule has 0 aliphatic carbocycles. The molecule has 0 saturated carbocycles. The number of hydrogen-bond acceptors (Lipinski definition) is 2. The van der Waals surface area contributed by atoms with E-state index >= 15 is 0 Å². The van der Waals surface area contributed by atoms with Crippen LogP contribution in [0, 0.1) is 6.92 Å². The molecule has 130 valence electrons. The van der Waals surface area contributed by atoms with E-state index < -0.39 is 0 Å². The Labute approximate surface area is 150 Å². The smallest absolute Gasteiger partial charge is 0.141 e. The van der Waals surface area contributed by atoms with Gasteiger partial charge in [-0.3, -0.25) is 4.98 Å². The van der Waals surface area contributed by atoms with Crippen LogP contribution in [0.5, 0.6) is 0 Å². The van der Waals surface area contributed by atoms with Gasteiger partial charge in [0, 0.05) is 22.7 Å². The second-order valence-corrected chi connectivity index (χ2v) is 8.49. The maximum absolute atomic E-state index is 5.09. The zero-order chi connectivity index (χ0) is 17.9. The molecule has 3 heteroatoms. The summed E-state index contributed by atoms with van der Waals surface area (Å²) in [7, 11) is 0. The number of imidazole rings is 1. The topological polar surface area (TPSA) is 30.7 Å². The lowest BCUT2D eigenvalue weighted by atomic mass is 9.76. The van der Waals surface area contributed by atoms with Crippen molar-refractivity contribution in [2.24, 2.45) is 0 Å². The van der Waals surface area contributed by atoms with E-state index in [1.165, 1.54) is 16.7 Å². The van der Waals surface area contributed by atoms with Crippen molar-refractivity contribution in [2.45, 2.75) is 65.3 Å². The first kappa shape index (κ1) is 16.3. The molecule has 3 nitrogen and oxygen atoms in total. The molecule has 1 aromatic carbocycles. The molecule has 3 heterocycles. The predicted octanol–water partition coefficient (Wildman–Crippen LogP) is 5.77. The van der Waals surface area contributed by atoms with Crippen LogP contribution in [0.1, 0.15) is 69.8 Å². The Hall–Kier alpha value is -2.16. The maximum Gasteiger partial charge on any atom is 0.141 e. The highest BCUT2D eigenvalue weighted by atomic mass is 15.1. The van der Waals surface area contributed by atoms with Gasteiger partial charge >= 0.3 is 0 Å². The summed E-state index contributed by atoms with van der Waals surface area (Å²) >= 11 is 0. The van der Waals surface area contributed by atoms with Crippen LogP contribution >= 0.6 is 0 Å². The zero-order valence-corrected chi connectivity index (χ0v) is 16.1. The van der Waals surface area contributed by atoms with Gasteiger partial charge in [0.15, 0.2) is 0 Å². The fourth-order valence-corrected chi connectivity index (χ4v) is 4.45. The monoisotopic (exact) mass is 333 g/mol. The van der Waals surface area contributed by atoms with Gasteiger partial charge in [-0.05, 0) is 50.3 Å². The first-order valence-corrected chi connectivity index (χ1v) is 9.28. The van der Waals surface area contributed by atoms with Crippen molar-refractivity contribution in [1.29, 1.82) is 0 Å². The summed E-state index contributed by atoms with van der Waals surface area (Å²) in [6.45, 7) is 13.6. The highest BCUT2D eigenvalue weighted by molar-refractivity contribution is 5.82. The Morgan fingerprint density at radius 3 is 2.72 bits per heavy atom. The molecular weight excluding hydrogens is 306 g/mol. The quantitative estimate of drug-likeness (QED) is 0.566. The van der Waals surface area contributed by atoms with Gasteiger partial charge in [0.05, 0.1) is 17.2 Å². The average Bonchev–Trinajstić information content (AvgIpc) is 2.91. The number of nitrogens with zero attached hydrogens (tertiary/aromatic N) is 3. The molecule has 3 aromatic rings. The molecule has 1 aliphatic heterocycles. The molecule has 4 rings (SSSR count). The van der Waals surface area contributed by atoms with Crippen molar-refractivity contribution in [3.8, 4) is 11.4 Å². The van der Waals surface area contributed by atoms with Gasteiger partial charge in [0.2, 0.25) is 0 Å². The van der Waals surface area contributed by atoms with Gasteiger partial charge in [-0.2, -0.15) is 0 Å². The molecule has 3 bridgehead atoms. The third-order valence-corrected chi connectivity index (χ3v) is 5.66. The summed E-state index contributed by atoms with van der Waals surface area (Å²) in [6.07, 6.45) is 3.10. The number of pyridine rings is 1. The number of aryl methyl sites for hydroxylation is 1. The van der Waals surface area contributed by atoms with Gasteiger partial charge in [0.1, 0.15) is 5.82 Å². The van der Waals surface area contributed by atoms with E-state index in [4.69, 9.17) is 9.97 Å².